The Morgan fingerprint density at radius 1 is 1.35 bits per heavy atom. The zero-order valence-electron chi connectivity index (χ0n) is 13.2. The summed E-state index contributed by atoms with van der Waals surface area (Å²) in [6.07, 6.45) is 2.23. The number of amides is 1. The van der Waals surface area contributed by atoms with Crippen LogP contribution in [-0.4, -0.2) is 39.0 Å². The lowest BCUT2D eigenvalue weighted by atomic mass is 9.75. The summed E-state index contributed by atoms with van der Waals surface area (Å²) in [5.41, 5.74) is 0.0924. The number of hydrogen-bond acceptors (Lipinski definition) is 4. The Labute approximate surface area is 136 Å². The van der Waals surface area contributed by atoms with Crippen molar-refractivity contribution < 1.29 is 23.1 Å². The predicted octanol–water partition coefficient (Wildman–Crippen LogP) is 1.65. The number of nitrogens with one attached hydrogen (secondary N) is 2. The Morgan fingerprint density at radius 2 is 2.00 bits per heavy atom. The molecule has 0 saturated heterocycles. The fourth-order valence-electron chi connectivity index (χ4n) is 3.15. The highest BCUT2D eigenvalue weighted by Crippen LogP contribution is 2.39. The molecule has 1 aromatic carbocycles. The van der Waals surface area contributed by atoms with Crippen LogP contribution in [-0.2, 0) is 15.6 Å². The van der Waals surface area contributed by atoms with Gasteiger partial charge in [-0.2, -0.15) is 0 Å². The molecular formula is C15H22N2O5S. The lowest BCUT2D eigenvalue weighted by Crippen LogP contribution is -2.50. The molecule has 0 unspecified atom stereocenters. The van der Waals surface area contributed by atoms with Crippen molar-refractivity contribution in [3.63, 3.8) is 0 Å². The molecule has 0 spiro atoms. The van der Waals surface area contributed by atoms with Crippen LogP contribution in [0.25, 0.3) is 0 Å². The number of carboxylic acid groups (broad SMARTS) is 1. The predicted molar refractivity (Wildman–Crippen MR) is 86.1 cm³/mol. The maximum Gasteiger partial charge on any atom is 0.404 e. The Bertz CT molecular complexity index is 666. The molecule has 1 fully saturated rings. The van der Waals surface area contributed by atoms with E-state index in [1.807, 2.05) is 18.2 Å². The second kappa shape index (κ2) is 6.76. The second-order valence-electron chi connectivity index (χ2n) is 5.91. The van der Waals surface area contributed by atoms with Crippen molar-refractivity contribution in [2.45, 2.75) is 37.3 Å². The first-order valence-corrected chi connectivity index (χ1v) is 9.26. The molecule has 3 N–H and O–H groups in total. The van der Waals surface area contributed by atoms with E-state index >= 15 is 0 Å². The minimum atomic E-state index is -3.42. The quantitative estimate of drug-likeness (QED) is 0.755. The molecule has 1 aliphatic rings. The molecule has 7 nitrogen and oxygen atoms in total. The van der Waals surface area contributed by atoms with E-state index in [9.17, 15) is 13.2 Å². The third-order valence-electron chi connectivity index (χ3n) is 4.17. The molecule has 2 rings (SSSR count). The van der Waals surface area contributed by atoms with Crippen molar-refractivity contribution in [2.75, 3.05) is 13.4 Å². The molecule has 1 aliphatic carbocycles. The standard InChI is InChI=1S/C15H22N2O5S/c1-22-13-5-3-4-11(10-13)15(17-23(2,20)21)8-6-12(7-9-15)16-14(18)19/h3-5,10,12,16-17H,6-9H2,1-2H3,(H,18,19). The third kappa shape index (κ3) is 4.59. The van der Waals surface area contributed by atoms with Crippen LogP contribution in [0.15, 0.2) is 24.3 Å². The van der Waals surface area contributed by atoms with Crippen LogP contribution in [0.3, 0.4) is 0 Å². The number of sulfonamides is 1. The van der Waals surface area contributed by atoms with Gasteiger partial charge in [-0.1, -0.05) is 12.1 Å². The lowest BCUT2D eigenvalue weighted by molar-refractivity contribution is 0.175. The summed E-state index contributed by atoms with van der Waals surface area (Å²) in [6.45, 7) is 0. The van der Waals surface area contributed by atoms with Gasteiger partial charge in [-0.05, 0) is 43.4 Å². The van der Waals surface area contributed by atoms with E-state index in [-0.39, 0.29) is 6.04 Å². The summed E-state index contributed by atoms with van der Waals surface area (Å²) in [6, 6.07) is 7.15. The average Bonchev–Trinajstić information content (AvgIpc) is 2.47. The molecular weight excluding hydrogens is 320 g/mol. The topological polar surface area (TPSA) is 105 Å². The third-order valence-corrected chi connectivity index (χ3v) is 4.93. The maximum absolute atomic E-state index is 11.8. The van der Waals surface area contributed by atoms with E-state index in [4.69, 9.17) is 9.84 Å². The van der Waals surface area contributed by atoms with Crippen molar-refractivity contribution in [3.8, 4) is 5.75 Å². The van der Waals surface area contributed by atoms with Gasteiger partial charge in [-0.15, -0.1) is 0 Å². The molecule has 0 radical (unpaired) electrons. The Hall–Kier alpha value is -1.80. The smallest absolute Gasteiger partial charge is 0.404 e. The number of rotatable bonds is 5. The van der Waals surface area contributed by atoms with E-state index in [1.165, 1.54) is 0 Å². The summed E-state index contributed by atoms with van der Waals surface area (Å²) in [5, 5.41) is 11.3. The fourth-order valence-corrected chi connectivity index (χ4v) is 4.19. The molecule has 128 valence electrons. The Morgan fingerprint density at radius 3 is 2.52 bits per heavy atom. The SMILES string of the molecule is COc1cccc(C2(NS(C)(=O)=O)CCC(NC(=O)O)CC2)c1. The molecule has 0 atom stereocenters. The molecule has 1 saturated carbocycles. The first kappa shape index (κ1) is 17.6. The number of hydrogen-bond donors (Lipinski definition) is 3. The highest BCUT2D eigenvalue weighted by Gasteiger charge is 2.39. The van der Waals surface area contributed by atoms with E-state index in [0.29, 0.717) is 31.4 Å². The van der Waals surface area contributed by atoms with E-state index in [2.05, 4.69) is 10.0 Å². The fraction of sp³-hybridized carbons (Fsp3) is 0.533. The van der Waals surface area contributed by atoms with Crippen LogP contribution in [0.4, 0.5) is 4.79 Å². The average molecular weight is 342 g/mol. The lowest BCUT2D eigenvalue weighted by Gasteiger charge is -2.40. The molecule has 0 aromatic heterocycles. The van der Waals surface area contributed by atoms with E-state index in [0.717, 1.165) is 11.8 Å². The van der Waals surface area contributed by atoms with Crippen molar-refractivity contribution >= 4 is 16.1 Å². The number of carbonyl (C=O) groups is 1. The van der Waals surface area contributed by atoms with Crippen molar-refractivity contribution in [2.24, 2.45) is 0 Å². The zero-order valence-corrected chi connectivity index (χ0v) is 14.0. The number of methoxy groups -OCH3 is 1. The number of ether oxygens (including phenoxy) is 1. The van der Waals surface area contributed by atoms with E-state index in [1.54, 1.807) is 13.2 Å². The summed E-state index contributed by atoms with van der Waals surface area (Å²) in [7, 11) is -1.86. The molecule has 0 heterocycles. The molecule has 8 heteroatoms. The van der Waals surface area contributed by atoms with Crippen molar-refractivity contribution in [1.82, 2.24) is 10.0 Å². The van der Waals surface area contributed by atoms with Gasteiger partial charge in [0.1, 0.15) is 5.75 Å². The normalized spacial score (nSPS) is 24.9. The minimum Gasteiger partial charge on any atom is -0.497 e. The van der Waals surface area contributed by atoms with E-state index < -0.39 is 21.7 Å². The summed E-state index contributed by atoms with van der Waals surface area (Å²) in [5.74, 6) is 0.656. The highest BCUT2D eigenvalue weighted by atomic mass is 32.2. The van der Waals surface area contributed by atoms with Crippen LogP contribution in [0.5, 0.6) is 5.75 Å². The molecule has 0 aliphatic heterocycles. The van der Waals surface area contributed by atoms with Crippen LogP contribution in [0, 0.1) is 0 Å². The number of benzene rings is 1. The maximum atomic E-state index is 11.8. The minimum absolute atomic E-state index is 0.160. The summed E-state index contributed by atoms with van der Waals surface area (Å²) < 4.78 is 31.7. The first-order valence-electron chi connectivity index (χ1n) is 7.37. The Kier molecular flexibility index (Phi) is 5.16. The van der Waals surface area contributed by atoms with Gasteiger partial charge >= 0.3 is 6.09 Å². The van der Waals surface area contributed by atoms with Gasteiger partial charge in [0.25, 0.3) is 0 Å². The molecule has 23 heavy (non-hydrogen) atoms. The van der Waals surface area contributed by atoms with Gasteiger partial charge in [-0.3, -0.25) is 0 Å². The zero-order chi connectivity index (χ0) is 17.1. The van der Waals surface area contributed by atoms with Crippen LogP contribution >= 0.6 is 0 Å². The van der Waals surface area contributed by atoms with Gasteiger partial charge in [0, 0.05) is 6.04 Å². The molecule has 1 aromatic rings. The van der Waals surface area contributed by atoms with Crippen LogP contribution < -0.4 is 14.8 Å². The first-order chi connectivity index (χ1) is 10.7. The summed E-state index contributed by atoms with van der Waals surface area (Å²) >= 11 is 0. The van der Waals surface area contributed by atoms with Crippen molar-refractivity contribution in [3.05, 3.63) is 29.8 Å². The van der Waals surface area contributed by atoms with Crippen LogP contribution in [0.2, 0.25) is 0 Å². The molecule has 0 bridgehead atoms. The van der Waals surface area contributed by atoms with Gasteiger partial charge in [0.05, 0.1) is 18.9 Å². The second-order valence-corrected chi connectivity index (χ2v) is 7.66. The van der Waals surface area contributed by atoms with Crippen molar-refractivity contribution in [1.29, 1.82) is 0 Å². The van der Waals surface area contributed by atoms with Gasteiger partial charge in [0.2, 0.25) is 10.0 Å². The van der Waals surface area contributed by atoms with Crippen LogP contribution in [0.1, 0.15) is 31.2 Å². The monoisotopic (exact) mass is 342 g/mol. The molecule has 1 amide bonds. The highest BCUT2D eigenvalue weighted by molar-refractivity contribution is 7.88. The summed E-state index contributed by atoms with van der Waals surface area (Å²) in [4.78, 5) is 10.8. The van der Waals surface area contributed by atoms with Gasteiger partial charge < -0.3 is 15.2 Å². The largest absolute Gasteiger partial charge is 0.497 e. The van der Waals surface area contributed by atoms with Gasteiger partial charge in [-0.25, -0.2) is 17.9 Å². The Balaban J connectivity index is 2.29. The van der Waals surface area contributed by atoms with Gasteiger partial charge in [0.15, 0.2) is 0 Å².